The molecule has 1 amide bonds. The van der Waals surface area contributed by atoms with Crippen molar-refractivity contribution in [3.05, 3.63) is 52.1 Å². The van der Waals surface area contributed by atoms with Gasteiger partial charge in [-0.2, -0.15) is 4.98 Å². The van der Waals surface area contributed by atoms with Crippen molar-refractivity contribution >= 4 is 40.6 Å². The van der Waals surface area contributed by atoms with Crippen LogP contribution in [0, 0.1) is 0 Å². The molecule has 1 unspecified atom stereocenters. The molecule has 3 rings (SSSR count). The molecule has 33 heavy (non-hydrogen) atoms. The van der Waals surface area contributed by atoms with E-state index >= 15 is 0 Å². The summed E-state index contributed by atoms with van der Waals surface area (Å²) in [5.41, 5.74) is 6.47. The summed E-state index contributed by atoms with van der Waals surface area (Å²) in [5.74, 6) is -3.16. The Morgan fingerprint density at radius 3 is 2.45 bits per heavy atom. The topological polar surface area (TPSA) is 213 Å². The van der Waals surface area contributed by atoms with E-state index < -0.39 is 29.4 Å². The summed E-state index contributed by atoms with van der Waals surface area (Å²) in [6.07, 6.45) is 0.840. The molecule has 1 aromatic carbocycles. The molecule has 1 atom stereocenters. The van der Waals surface area contributed by atoms with Crippen molar-refractivity contribution in [2.75, 3.05) is 11.1 Å². The Labute approximate surface area is 198 Å². The molecule has 0 aliphatic rings. The number of aliphatic carboxylic acids is 2. The number of fused-ring (bicyclic) bond motifs is 1. The number of aromatic nitrogens is 4. The van der Waals surface area contributed by atoms with Crippen molar-refractivity contribution in [2.45, 2.75) is 25.4 Å². The van der Waals surface area contributed by atoms with Gasteiger partial charge >= 0.3 is 11.9 Å². The van der Waals surface area contributed by atoms with Gasteiger partial charge in [-0.15, -0.1) is 0 Å². The molecule has 0 radical (unpaired) electrons. The summed E-state index contributed by atoms with van der Waals surface area (Å²) in [6, 6.07) is 4.86. The van der Waals surface area contributed by atoms with E-state index in [4.69, 9.17) is 15.9 Å². The van der Waals surface area contributed by atoms with Crippen LogP contribution in [0.1, 0.15) is 28.9 Å². The van der Waals surface area contributed by atoms with Gasteiger partial charge in [0.2, 0.25) is 5.95 Å². The summed E-state index contributed by atoms with van der Waals surface area (Å²) in [7, 11) is 0. The largest absolute Gasteiger partial charge is 0.481 e. The first-order valence-electron chi connectivity index (χ1n) is 9.33. The van der Waals surface area contributed by atoms with Crippen LogP contribution in [0.25, 0.3) is 11.2 Å². The summed E-state index contributed by atoms with van der Waals surface area (Å²) < 4.78 is 0. The maximum atomic E-state index is 12.3. The Balaban J connectivity index is 0.00000385. The minimum absolute atomic E-state index is 0. The molecule has 3 aromatic rings. The smallest absolute Gasteiger partial charge is 0.326 e. The third kappa shape index (κ3) is 6.78. The molecule has 0 aliphatic carbocycles. The van der Waals surface area contributed by atoms with Gasteiger partial charge in [0, 0.05) is 37.1 Å². The summed E-state index contributed by atoms with van der Waals surface area (Å²) in [5, 5.41) is 23.2. The van der Waals surface area contributed by atoms with E-state index in [0.29, 0.717) is 11.4 Å². The van der Waals surface area contributed by atoms with E-state index in [-0.39, 0.29) is 61.5 Å². The minimum Gasteiger partial charge on any atom is -0.481 e. The summed E-state index contributed by atoms with van der Waals surface area (Å²) in [6.45, 7) is 0.231. The van der Waals surface area contributed by atoms with Crippen LogP contribution in [0.3, 0.4) is 0 Å². The number of nitrogens with zero attached hydrogens (tertiary/aromatic N) is 3. The van der Waals surface area contributed by atoms with Crippen molar-refractivity contribution < 1.29 is 44.1 Å². The zero-order chi connectivity index (χ0) is 23.3. The predicted octanol–water partition coefficient (Wildman–Crippen LogP) is -0.0473. The Hall–Kier alpha value is -3.93. The third-order valence-electron chi connectivity index (χ3n) is 4.36. The Bertz CT molecular complexity index is 1230. The summed E-state index contributed by atoms with van der Waals surface area (Å²) in [4.78, 5) is 60.6. The number of aromatic amines is 1. The fourth-order valence-corrected chi connectivity index (χ4v) is 2.75. The number of H-pyrrole nitrogens is 1. The van der Waals surface area contributed by atoms with Gasteiger partial charge in [-0.25, -0.2) is 14.8 Å². The molecule has 2 heterocycles. The number of carbonyl (C=O) groups excluding carboxylic acids is 1. The predicted molar refractivity (Wildman–Crippen MR) is 112 cm³/mol. The van der Waals surface area contributed by atoms with Gasteiger partial charge in [0.15, 0.2) is 11.2 Å². The van der Waals surface area contributed by atoms with Crippen molar-refractivity contribution in [3.63, 3.8) is 0 Å². The molecule has 168 valence electrons. The van der Waals surface area contributed by atoms with Crippen LogP contribution in [-0.2, 0) is 35.6 Å². The Morgan fingerprint density at radius 1 is 1.12 bits per heavy atom. The van der Waals surface area contributed by atoms with Crippen molar-refractivity contribution in [1.29, 1.82) is 0 Å². The molecular formula is C19H19N7O6Zn. The molecule has 0 aliphatic heterocycles. The Morgan fingerprint density at radius 2 is 1.82 bits per heavy atom. The molecule has 0 saturated heterocycles. The number of nitrogens with one attached hydrogen (secondary N) is 3. The van der Waals surface area contributed by atoms with E-state index in [0.717, 1.165) is 0 Å². The quantitative estimate of drug-likeness (QED) is 0.212. The van der Waals surface area contributed by atoms with Crippen LogP contribution in [0.15, 0.2) is 35.3 Å². The first-order chi connectivity index (χ1) is 15.2. The van der Waals surface area contributed by atoms with Crippen molar-refractivity contribution in [3.8, 4) is 0 Å². The van der Waals surface area contributed by atoms with Gasteiger partial charge in [0.25, 0.3) is 11.5 Å². The second-order valence-corrected chi connectivity index (χ2v) is 6.71. The van der Waals surface area contributed by atoms with Crippen LogP contribution >= 0.6 is 0 Å². The number of nitrogen functional groups attached to an aromatic ring is 1. The van der Waals surface area contributed by atoms with E-state index in [2.05, 4.69) is 30.6 Å². The average molecular weight is 507 g/mol. The van der Waals surface area contributed by atoms with Crippen molar-refractivity contribution in [2.24, 2.45) is 0 Å². The second-order valence-electron chi connectivity index (χ2n) is 6.71. The van der Waals surface area contributed by atoms with Crippen LogP contribution in [-0.4, -0.2) is 54.0 Å². The fourth-order valence-electron chi connectivity index (χ4n) is 2.75. The number of benzene rings is 1. The van der Waals surface area contributed by atoms with Gasteiger partial charge in [0.05, 0.1) is 18.4 Å². The fraction of sp³-hybridized carbons (Fsp3) is 0.211. The minimum atomic E-state index is -1.31. The number of hydrogen-bond donors (Lipinski definition) is 6. The maximum Gasteiger partial charge on any atom is 0.326 e. The maximum absolute atomic E-state index is 12.3. The van der Waals surface area contributed by atoms with Crippen LogP contribution in [0.2, 0.25) is 0 Å². The zero-order valence-corrected chi connectivity index (χ0v) is 20.2. The number of carboxylic acid groups (broad SMARTS) is 2. The average Bonchev–Trinajstić information content (AvgIpc) is 2.75. The van der Waals surface area contributed by atoms with Crippen LogP contribution in [0.5, 0.6) is 0 Å². The van der Waals surface area contributed by atoms with Gasteiger partial charge in [-0.3, -0.25) is 19.4 Å². The standard InChI is InChI=1S/C19H19N7O6.Zn/c20-19-25-15-14(17(30)26-19)23-11(8-22-15)7-21-10-3-1-9(2-4-10)16(29)24-12(18(31)32)5-6-13(27)28;/h1-4,8,12,21H,5-7H2,(H,24,29)(H,27,28)(H,31,32)(H3,20,22,25,26,30);. The van der Waals surface area contributed by atoms with E-state index in [1.807, 2.05) is 0 Å². The molecular weight excluding hydrogens is 488 g/mol. The third-order valence-corrected chi connectivity index (χ3v) is 4.36. The van der Waals surface area contributed by atoms with E-state index in [1.54, 1.807) is 12.1 Å². The van der Waals surface area contributed by atoms with Gasteiger partial charge < -0.3 is 26.6 Å². The first-order valence-corrected chi connectivity index (χ1v) is 9.33. The molecule has 7 N–H and O–H groups in total. The molecule has 0 fully saturated rings. The van der Waals surface area contributed by atoms with Gasteiger partial charge in [-0.1, -0.05) is 0 Å². The monoisotopic (exact) mass is 505 g/mol. The van der Waals surface area contributed by atoms with Gasteiger partial charge in [-0.05, 0) is 30.7 Å². The van der Waals surface area contributed by atoms with Crippen LogP contribution < -0.4 is 21.9 Å². The summed E-state index contributed by atoms with van der Waals surface area (Å²) >= 11 is 0. The van der Waals surface area contributed by atoms with Crippen molar-refractivity contribution in [1.82, 2.24) is 25.3 Å². The normalized spacial score (nSPS) is 11.3. The second kappa shape index (κ2) is 11.1. The number of anilines is 2. The Kier molecular flexibility index (Phi) is 8.51. The molecule has 13 nitrogen and oxygen atoms in total. The van der Waals surface area contributed by atoms with Gasteiger partial charge in [0.1, 0.15) is 6.04 Å². The number of rotatable bonds is 9. The van der Waals surface area contributed by atoms with Crippen LogP contribution in [0.4, 0.5) is 11.6 Å². The zero-order valence-electron chi connectivity index (χ0n) is 17.2. The number of nitrogens with two attached hydrogens (primary N) is 1. The SMILES string of the molecule is Nc1nc2ncc(CNc3ccc(C(=O)NC(CCC(=O)O)C(=O)O)cc3)nc2c(=O)[nH]1.[Zn]. The van der Waals surface area contributed by atoms with E-state index in [1.165, 1.54) is 18.3 Å². The molecule has 0 spiro atoms. The number of carbonyl (C=O) groups is 3. The number of hydrogen-bond acceptors (Lipinski definition) is 9. The first kappa shape index (κ1) is 25.3. The molecule has 14 heteroatoms. The number of amides is 1. The number of carboxylic acids is 2. The molecule has 2 aromatic heterocycles. The molecule has 0 bridgehead atoms. The molecule has 0 saturated carbocycles. The van der Waals surface area contributed by atoms with E-state index in [9.17, 15) is 19.2 Å².